The van der Waals surface area contributed by atoms with Crippen molar-refractivity contribution in [3.8, 4) is 0 Å². The molecule has 2 heterocycles. The van der Waals surface area contributed by atoms with Crippen molar-refractivity contribution in [3.63, 3.8) is 0 Å². The quantitative estimate of drug-likeness (QED) is 0.902. The monoisotopic (exact) mass is 247 g/mol. The van der Waals surface area contributed by atoms with Crippen LogP contribution < -0.4 is 5.32 Å². The molecule has 0 radical (unpaired) electrons. The molecule has 0 fully saturated rings. The van der Waals surface area contributed by atoms with E-state index in [2.05, 4.69) is 29.4 Å². The maximum Gasteiger partial charge on any atom is 0.0827 e. The molecule has 0 saturated carbocycles. The number of nitrogens with zero attached hydrogens (tertiary/aromatic N) is 4. The van der Waals surface area contributed by atoms with Gasteiger partial charge in [-0.25, -0.2) is 0 Å². The van der Waals surface area contributed by atoms with E-state index in [1.807, 2.05) is 37.3 Å². The normalized spacial score (nSPS) is 11.0. The maximum absolute atomic E-state index is 4.43. The fraction of sp³-hybridized carbons (Fsp3) is 0.538. The van der Waals surface area contributed by atoms with Crippen LogP contribution in [0.25, 0.3) is 0 Å². The molecule has 0 spiro atoms. The predicted octanol–water partition coefficient (Wildman–Crippen LogP) is 2.00. The van der Waals surface area contributed by atoms with E-state index in [9.17, 15) is 0 Å². The minimum Gasteiger partial charge on any atom is -0.378 e. The van der Waals surface area contributed by atoms with Crippen molar-refractivity contribution in [1.29, 1.82) is 0 Å². The van der Waals surface area contributed by atoms with E-state index in [1.165, 1.54) is 11.3 Å². The lowest BCUT2D eigenvalue weighted by Gasteiger charge is -2.07. The van der Waals surface area contributed by atoms with Crippen LogP contribution in [-0.2, 0) is 20.6 Å². The molecule has 2 aromatic heterocycles. The van der Waals surface area contributed by atoms with Crippen LogP contribution in [0.5, 0.6) is 0 Å². The van der Waals surface area contributed by atoms with Crippen molar-refractivity contribution in [1.82, 2.24) is 19.6 Å². The third-order valence-corrected chi connectivity index (χ3v) is 3.61. The lowest BCUT2D eigenvalue weighted by Crippen LogP contribution is -2.04. The second-order valence-electron chi connectivity index (χ2n) is 4.80. The molecule has 0 aliphatic rings. The van der Waals surface area contributed by atoms with Crippen molar-refractivity contribution < 1.29 is 0 Å². The number of nitrogens with one attached hydrogen (secondary N) is 1. The molecule has 5 heteroatoms. The van der Waals surface area contributed by atoms with Crippen LogP contribution >= 0.6 is 0 Å². The van der Waals surface area contributed by atoms with Gasteiger partial charge in [-0.3, -0.25) is 9.36 Å². The van der Waals surface area contributed by atoms with Crippen LogP contribution in [0.1, 0.15) is 28.3 Å². The van der Waals surface area contributed by atoms with Gasteiger partial charge in [0.05, 0.1) is 22.8 Å². The van der Waals surface area contributed by atoms with Crippen molar-refractivity contribution in [2.75, 3.05) is 5.32 Å². The van der Waals surface area contributed by atoms with Gasteiger partial charge in [0.15, 0.2) is 0 Å². The largest absolute Gasteiger partial charge is 0.378 e. The van der Waals surface area contributed by atoms with E-state index in [1.54, 1.807) is 0 Å². The summed E-state index contributed by atoms with van der Waals surface area (Å²) in [5.41, 5.74) is 6.88. The summed E-state index contributed by atoms with van der Waals surface area (Å²) in [5, 5.41) is 12.3. The van der Waals surface area contributed by atoms with E-state index < -0.39 is 0 Å². The van der Waals surface area contributed by atoms with Gasteiger partial charge >= 0.3 is 0 Å². The summed E-state index contributed by atoms with van der Waals surface area (Å²) in [5.74, 6) is 0. The van der Waals surface area contributed by atoms with E-state index in [4.69, 9.17) is 0 Å². The number of aryl methyl sites for hydroxylation is 4. The van der Waals surface area contributed by atoms with Crippen LogP contribution in [-0.4, -0.2) is 19.6 Å². The topological polar surface area (TPSA) is 47.7 Å². The van der Waals surface area contributed by atoms with Gasteiger partial charge in [0, 0.05) is 31.9 Å². The molecule has 0 aromatic carbocycles. The minimum atomic E-state index is 0.791. The summed E-state index contributed by atoms with van der Waals surface area (Å²) >= 11 is 0. The molecular weight excluding hydrogens is 226 g/mol. The Morgan fingerprint density at radius 3 is 1.89 bits per heavy atom. The summed E-state index contributed by atoms with van der Waals surface area (Å²) in [6.07, 6.45) is 0. The van der Waals surface area contributed by atoms with Gasteiger partial charge in [0.1, 0.15) is 0 Å². The number of anilines is 1. The molecule has 0 aliphatic carbocycles. The van der Waals surface area contributed by atoms with Crippen molar-refractivity contribution in [2.24, 2.45) is 14.1 Å². The summed E-state index contributed by atoms with van der Waals surface area (Å²) in [6.45, 7) is 9.04. The Hall–Kier alpha value is -1.78. The smallest absolute Gasteiger partial charge is 0.0827 e. The molecule has 5 nitrogen and oxygen atoms in total. The van der Waals surface area contributed by atoms with Gasteiger partial charge in [-0.05, 0) is 27.7 Å². The Labute approximate surface area is 108 Å². The predicted molar refractivity (Wildman–Crippen MR) is 72.7 cm³/mol. The molecule has 98 valence electrons. The maximum atomic E-state index is 4.43. The van der Waals surface area contributed by atoms with E-state index in [0.29, 0.717) is 0 Å². The van der Waals surface area contributed by atoms with Gasteiger partial charge in [0.2, 0.25) is 0 Å². The van der Waals surface area contributed by atoms with Crippen LogP contribution in [0.4, 0.5) is 5.69 Å². The van der Waals surface area contributed by atoms with Gasteiger partial charge in [0.25, 0.3) is 0 Å². The highest BCUT2D eigenvalue weighted by Crippen LogP contribution is 2.20. The highest BCUT2D eigenvalue weighted by atomic mass is 15.3. The summed E-state index contributed by atoms with van der Waals surface area (Å²) in [7, 11) is 3.94. The standard InChI is InChI=1S/C13H21N5/c1-8-12(10(3)17(5)15-8)7-14-13-9(2)16-18(6)11(13)4/h14H,7H2,1-6H3. The average Bonchev–Trinajstić information content (AvgIpc) is 2.67. The summed E-state index contributed by atoms with van der Waals surface area (Å²) in [4.78, 5) is 0. The van der Waals surface area contributed by atoms with Crippen LogP contribution in [0, 0.1) is 27.7 Å². The molecule has 0 bridgehead atoms. The second kappa shape index (κ2) is 4.48. The van der Waals surface area contributed by atoms with Crippen molar-refractivity contribution >= 4 is 5.69 Å². The number of aromatic nitrogens is 4. The fourth-order valence-corrected chi connectivity index (χ4v) is 2.28. The molecule has 2 aromatic rings. The Morgan fingerprint density at radius 1 is 0.889 bits per heavy atom. The van der Waals surface area contributed by atoms with E-state index >= 15 is 0 Å². The lowest BCUT2D eigenvalue weighted by atomic mass is 10.2. The Bertz CT molecular complexity index is 524. The second-order valence-corrected chi connectivity index (χ2v) is 4.80. The Kier molecular flexibility index (Phi) is 3.15. The van der Waals surface area contributed by atoms with Crippen LogP contribution in [0.15, 0.2) is 0 Å². The Balaban J connectivity index is 2.21. The van der Waals surface area contributed by atoms with E-state index in [0.717, 1.165) is 29.3 Å². The summed E-state index contributed by atoms with van der Waals surface area (Å²) in [6, 6.07) is 0. The first-order chi connectivity index (χ1) is 8.41. The average molecular weight is 247 g/mol. The van der Waals surface area contributed by atoms with Gasteiger partial charge in [-0.15, -0.1) is 0 Å². The molecule has 2 rings (SSSR count). The fourth-order valence-electron chi connectivity index (χ4n) is 2.28. The van der Waals surface area contributed by atoms with E-state index in [-0.39, 0.29) is 0 Å². The Morgan fingerprint density at radius 2 is 1.44 bits per heavy atom. The lowest BCUT2D eigenvalue weighted by molar-refractivity contribution is 0.730. The van der Waals surface area contributed by atoms with Crippen LogP contribution in [0.2, 0.25) is 0 Å². The molecule has 0 unspecified atom stereocenters. The third-order valence-electron chi connectivity index (χ3n) is 3.61. The zero-order chi connectivity index (χ0) is 13.4. The summed E-state index contributed by atoms with van der Waals surface area (Å²) < 4.78 is 3.83. The van der Waals surface area contributed by atoms with Gasteiger partial charge < -0.3 is 5.32 Å². The zero-order valence-corrected chi connectivity index (χ0v) is 12.0. The molecule has 0 saturated heterocycles. The molecular formula is C13H21N5. The van der Waals surface area contributed by atoms with Crippen LogP contribution in [0.3, 0.4) is 0 Å². The molecule has 0 atom stereocenters. The third kappa shape index (κ3) is 2.00. The van der Waals surface area contributed by atoms with Crippen molar-refractivity contribution in [3.05, 3.63) is 28.3 Å². The molecule has 18 heavy (non-hydrogen) atoms. The zero-order valence-electron chi connectivity index (χ0n) is 12.0. The molecule has 1 N–H and O–H groups in total. The first-order valence-electron chi connectivity index (χ1n) is 6.15. The minimum absolute atomic E-state index is 0.791. The first kappa shape index (κ1) is 12.7. The molecule has 0 aliphatic heterocycles. The van der Waals surface area contributed by atoms with Gasteiger partial charge in [-0.1, -0.05) is 0 Å². The van der Waals surface area contributed by atoms with Gasteiger partial charge in [-0.2, -0.15) is 10.2 Å². The molecule has 0 amide bonds. The highest BCUT2D eigenvalue weighted by molar-refractivity contribution is 5.52. The SMILES string of the molecule is Cc1nn(C)c(C)c1CNc1c(C)nn(C)c1C. The first-order valence-corrected chi connectivity index (χ1v) is 6.15. The number of hydrogen-bond donors (Lipinski definition) is 1. The highest BCUT2D eigenvalue weighted by Gasteiger charge is 2.12. The van der Waals surface area contributed by atoms with Crippen molar-refractivity contribution in [2.45, 2.75) is 34.2 Å². The number of hydrogen-bond acceptors (Lipinski definition) is 3. The number of rotatable bonds is 3.